The van der Waals surface area contributed by atoms with E-state index in [0.717, 1.165) is 23.7 Å². The Morgan fingerprint density at radius 2 is 2.06 bits per heavy atom. The first-order chi connectivity index (χ1) is 8.10. The lowest BCUT2D eigenvalue weighted by Crippen LogP contribution is -2.31. The van der Waals surface area contributed by atoms with Crippen LogP contribution in [0.3, 0.4) is 0 Å². The van der Waals surface area contributed by atoms with Gasteiger partial charge in [-0.1, -0.05) is 6.92 Å². The second-order valence-corrected chi connectivity index (χ2v) is 5.41. The first kappa shape index (κ1) is 12.3. The van der Waals surface area contributed by atoms with Crippen LogP contribution in [0.15, 0.2) is 4.99 Å². The van der Waals surface area contributed by atoms with Crippen molar-refractivity contribution in [1.82, 2.24) is 0 Å². The lowest BCUT2D eigenvalue weighted by atomic mass is 10.0. The van der Waals surface area contributed by atoms with E-state index in [-0.39, 0.29) is 12.5 Å². The molecule has 0 spiro atoms. The molecule has 4 heteroatoms. The predicted octanol–water partition coefficient (Wildman–Crippen LogP) is 2.79. The first-order valence-corrected chi connectivity index (χ1v) is 6.85. The maximum absolute atomic E-state index is 12.0. The van der Waals surface area contributed by atoms with E-state index in [2.05, 4.69) is 18.8 Å². The number of aliphatic imine (C=N–C) groups is 1. The molecule has 2 heterocycles. The van der Waals surface area contributed by atoms with Gasteiger partial charge in [0.1, 0.15) is 11.5 Å². The Balaban J connectivity index is 2.67. The number of hydrogen-bond acceptors (Lipinski definition) is 3. The highest BCUT2D eigenvalue weighted by atomic mass is 32.1. The summed E-state index contributed by atoms with van der Waals surface area (Å²) in [6.45, 7) is 9.32. The van der Waals surface area contributed by atoms with Crippen molar-refractivity contribution >= 4 is 28.0 Å². The number of fused-ring (bicyclic) bond motifs is 1. The van der Waals surface area contributed by atoms with Gasteiger partial charge in [0.15, 0.2) is 0 Å². The lowest BCUT2D eigenvalue weighted by Gasteiger charge is -2.17. The summed E-state index contributed by atoms with van der Waals surface area (Å²) >= 11 is 1.72. The third-order valence-electron chi connectivity index (χ3n) is 3.22. The first-order valence-electron chi connectivity index (χ1n) is 6.04. The van der Waals surface area contributed by atoms with E-state index in [1.165, 1.54) is 16.0 Å². The van der Waals surface area contributed by atoms with Crippen LogP contribution < -0.4 is 4.90 Å². The van der Waals surface area contributed by atoms with E-state index in [1.54, 1.807) is 11.3 Å². The zero-order valence-corrected chi connectivity index (χ0v) is 11.6. The topological polar surface area (TPSA) is 32.7 Å². The summed E-state index contributed by atoms with van der Waals surface area (Å²) in [5.74, 6) is 0.106. The number of thiophene rings is 1. The normalized spacial score (nSPS) is 15.6. The molecule has 0 unspecified atom stereocenters. The summed E-state index contributed by atoms with van der Waals surface area (Å²) in [7, 11) is 0. The molecule has 0 radical (unpaired) electrons. The minimum Gasteiger partial charge on any atom is -0.302 e. The molecule has 0 saturated carbocycles. The fourth-order valence-electron chi connectivity index (χ4n) is 2.34. The Hall–Kier alpha value is -1.16. The van der Waals surface area contributed by atoms with E-state index in [9.17, 15) is 4.79 Å². The van der Waals surface area contributed by atoms with Crippen molar-refractivity contribution in [2.45, 2.75) is 34.1 Å². The van der Waals surface area contributed by atoms with Gasteiger partial charge in [0.25, 0.3) is 0 Å². The average Bonchev–Trinajstić information content (AvgIpc) is 2.58. The van der Waals surface area contributed by atoms with E-state index in [4.69, 9.17) is 0 Å². The van der Waals surface area contributed by atoms with Crippen LogP contribution in [0.4, 0.5) is 5.00 Å². The van der Waals surface area contributed by atoms with Crippen molar-refractivity contribution in [2.75, 3.05) is 18.0 Å². The van der Waals surface area contributed by atoms with Crippen LogP contribution in [0.1, 0.15) is 36.8 Å². The maximum Gasteiger partial charge on any atom is 0.249 e. The number of aryl methyl sites for hydroxylation is 1. The summed E-state index contributed by atoms with van der Waals surface area (Å²) in [5, 5.41) is 1.09. The predicted molar refractivity (Wildman–Crippen MR) is 73.5 cm³/mol. The Kier molecular flexibility index (Phi) is 3.33. The monoisotopic (exact) mass is 250 g/mol. The highest BCUT2D eigenvalue weighted by Crippen LogP contribution is 2.37. The molecule has 1 aromatic heterocycles. The molecule has 0 atom stereocenters. The van der Waals surface area contributed by atoms with Crippen LogP contribution in [0, 0.1) is 6.92 Å². The highest BCUT2D eigenvalue weighted by Gasteiger charge is 2.26. The Labute approximate surface area is 106 Å². The van der Waals surface area contributed by atoms with Gasteiger partial charge in [-0.15, -0.1) is 11.3 Å². The quantitative estimate of drug-likeness (QED) is 0.794. The molecule has 0 fully saturated rings. The molecular weight excluding hydrogens is 232 g/mol. The Morgan fingerprint density at radius 1 is 1.35 bits per heavy atom. The smallest absolute Gasteiger partial charge is 0.249 e. The van der Waals surface area contributed by atoms with Crippen LogP contribution >= 0.6 is 11.3 Å². The fourth-order valence-corrected chi connectivity index (χ4v) is 3.71. The van der Waals surface area contributed by atoms with E-state index in [1.807, 2.05) is 18.7 Å². The van der Waals surface area contributed by atoms with Crippen molar-refractivity contribution in [3.63, 3.8) is 0 Å². The standard InChI is InChI=1S/C13H18N2OS/c1-5-10-9(4)17-13-12(10)8(3)14-7-11(16)15(13)6-2/h5-7H2,1-4H3. The van der Waals surface area contributed by atoms with Crippen molar-refractivity contribution in [3.05, 3.63) is 16.0 Å². The molecule has 3 nitrogen and oxygen atoms in total. The number of hydrogen-bond donors (Lipinski definition) is 0. The summed E-state index contributed by atoms with van der Waals surface area (Å²) < 4.78 is 0. The van der Waals surface area contributed by atoms with E-state index < -0.39 is 0 Å². The van der Waals surface area contributed by atoms with E-state index >= 15 is 0 Å². The SMILES string of the molecule is CCc1c(C)sc2c1C(C)=NCC(=O)N2CC. The van der Waals surface area contributed by atoms with Crippen LogP contribution in [-0.2, 0) is 11.2 Å². The number of amides is 1. The van der Waals surface area contributed by atoms with Crippen LogP contribution in [0.2, 0.25) is 0 Å². The van der Waals surface area contributed by atoms with Crippen molar-refractivity contribution in [2.24, 2.45) is 4.99 Å². The fraction of sp³-hybridized carbons (Fsp3) is 0.538. The minimum atomic E-state index is 0.106. The Morgan fingerprint density at radius 3 is 2.65 bits per heavy atom. The van der Waals surface area contributed by atoms with Gasteiger partial charge in [0.2, 0.25) is 5.91 Å². The summed E-state index contributed by atoms with van der Waals surface area (Å²) in [5.41, 5.74) is 3.55. The maximum atomic E-state index is 12.0. The van der Waals surface area contributed by atoms with E-state index in [0.29, 0.717) is 0 Å². The summed E-state index contributed by atoms with van der Waals surface area (Å²) in [4.78, 5) is 19.6. The van der Waals surface area contributed by atoms with Gasteiger partial charge in [-0.05, 0) is 32.8 Å². The van der Waals surface area contributed by atoms with Crippen LogP contribution in [0.5, 0.6) is 0 Å². The molecule has 17 heavy (non-hydrogen) atoms. The van der Waals surface area contributed by atoms with Gasteiger partial charge in [0.05, 0.1) is 0 Å². The molecule has 1 aliphatic rings. The molecule has 0 saturated heterocycles. The molecular formula is C13H18N2OS. The number of carbonyl (C=O) groups excluding carboxylic acids is 1. The minimum absolute atomic E-state index is 0.106. The van der Waals surface area contributed by atoms with Gasteiger partial charge < -0.3 is 4.90 Å². The van der Waals surface area contributed by atoms with Crippen LogP contribution in [-0.4, -0.2) is 24.7 Å². The van der Waals surface area contributed by atoms with Gasteiger partial charge in [-0.25, -0.2) is 0 Å². The number of anilines is 1. The van der Waals surface area contributed by atoms with Crippen LogP contribution in [0.25, 0.3) is 0 Å². The molecule has 0 bridgehead atoms. The second kappa shape index (κ2) is 4.61. The number of nitrogens with zero attached hydrogens (tertiary/aromatic N) is 2. The van der Waals surface area contributed by atoms with Gasteiger partial charge in [0, 0.05) is 22.7 Å². The van der Waals surface area contributed by atoms with Crippen molar-refractivity contribution in [3.8, 4) is 0 Å². The molecule has 2 rings (SSSR count). The number of likely N-dealkylation sites (N-methyl/N-ethyl adjacent to an activating group) is 1. The molecule has 0 aromatic carbocycles. The van der Waals surface area contributed by atoms with Gasteiger partial charge >= 0.3 is 0 Å². The number of rotatable bonds is 2. The van der Waals surface area contributed by atoms with Crippen molar-refractivity contribution < 1.29 is 4.79 Å². The lowest BCUT2D eigenvalue weighted by molar-refractivity contribution is -0.117. The summed E-state index contributed by atoms with van der Waals surface area (Å²) in [6, 6.07) is 0. The summed E-state index contributed by atoms with van der Waals surface area (Å²) in [6.07, 6.45) is 0.996. The molecule has 0 N–H and O–H groups in total. The van der Waals surface area contributed by atoms with Crippen molar-refractivity contribution in [1.29, 1.82) is 0 Å². The molecule has 92 valence electrons. The molecule has 1 aromatic rings. The van der Waals surface area contributed by atoms with Gasteiger partial charge in [-0.3, -0.25) is 9.79 Å². The highest BCUT2D eigenvalue weighted by molar-refractivity contribution is 7.17. The molecule has 1 aliphatic heterocycles. The zero-order chi connectivity index (χ0) is 12.6. The largest absolute Gasteiger partial charge is 0.302 e. The molecule has 0 aliphatic carbocycles. The molecule has 1 amide bonds. The second-order valence-electron chi connectivity index (χ2n) is 4.21. The average molecular weight is 250 g/mol. The third-order valence-corrected chi connectivity index (χ3v) is 4.39. The Bertz CT molecular complexity index is 488. The zero-order valence-electron chi connectivity index (χ0n) is 10.8. The number of carbonyl (C=O) groups is 1. The third kappa shape index (κ3) is 1.90. The van der Waals surface area contributed by atoms with Gasteiger partial charge in [-0.2, -0.15) is 0 Å².